The van der Waals surface area contributed by atoms with Crippen LogP contribution < -0.4 is 0 Å². The van der Waals surface area contributed by atoms with E-state index in [2.05, 4.69) is 0 Å². The van der Waals surface area contributed by atoms with E-state index in [1.807, 2.05) is 14.1 Å². The first-order valence-corrected chi connectivity index (χ1v) is 2.72. The fraction of sp³-hybridized carbons (Fsp3) is 1.00. The van der Waals surface area contributed by atoms with Crippen LogP contribution >= 0.6 is 0 Å². The van der Waals surface area contributed by atoms with Gasteiger partial charge in [0.2, 0.25) is 0 Å². The Hall–Kier alpha value is -0.0800. The molecule has 0 amide bonds. The molecule has 0 N–H and O–H groups in total. The highest BCUT2D eigenvalue weighted by Crippen LogP contribution is 1.87. The van der Waals surface area contributed by atoms with Crippen LogP contribution in [0, 0.1) is 0 Å². The third-order valence-corrected chi connectivity index (χ3v) is 0.901. The molecule has 0 radical (unpaired) electrons. The number of ether oxygens (including phenoxy) is 1. The van der Waals surface area contributed by atoms with Gasteiger partial charge >= 0.3 is 0 Å². The zero-order valence-corrected chi connectivity index (χ0v) is 5.98. The van der Waals surface area contributed by atoms with Crippen molar-refractivity contribution in [2.24, 2.45) is 0 Å². The summed E-state index contributed by atoms with van der Waals surface area (Å²) in [5, 5.41) is 0. The summed E-state index contributed by atoms with van der Waals surface area (Å²) in [7, 11) is 6.14. The summed E-state index contributed by atoms with van der Waals surface area (Å²) in [6.45, 7) is 1.66. The molecule has 0 aromatic heterocycles. The first kappa shape index (κ1) is 6.05. The molecule has 0 saturated heterocycles. The largest absolute Gasteiger partial charge is 0.379 e. The van der Waals surface area contributed by atoms with Gasteiger partial charge in [-0.05, 0) is 0 Å². The third-order valence-electron chi connectivity index (χ3n) is 0.901. The molecule has 0 atom stereocenters. The molecule has 0 rings (SSSR count). The lowest BCUT2D eigenvalue weighted by Gasteiger charge is -2.22. The molecule has 0 fully saturated rings. The van der Waals surface area contributed by atoms with Gasteiger partial charge in [0.15, 0.2) is 0 Å². The van der Waals surface area contributed by atoms with Crippen molar-refractivity contribution in [2.45, 2.75) is 0 Å². The van der Waals surface area contributed by atoms with E-state index in [0.29, 0.717) is 11.5 Å². The molecule has 50 valence electrons. The molecule has 0 aromatic rings. The molecule has 0 heterocycles. The Kier molecular flexibility index (Phi) is 2.30. The number of hydrogen-bond donors (Lipinski definition) is 0. The van der Waals surface area contributed by atoms with Crippen LogP contribution in [0.25, 0.3) is 0 Å². The van der Waals surface area contributed by atoms with Gasteiger partial charge in [-0.2, -0.15) is 0 Å². The van der Waals surface area contributed by atoms with Crippen molar-refractivity contribution in [3.05, 3.63) is 0 Å². The minimum Gasteiger partial charge on any atom is -0.379 e. The Bertz CT molecular complexity index is 75.5. The normalized spacial score (nSPS) is 13.6. The molecule has 0 unspecified atom stereocenters. The summed E-state index contributed by atoms with van der Waals surface area (Å²) < 4.78 is 12.7. The average Bonchev–Trinajstić information content (AvgIpc) is 1.84. The third kappa shape index (κ3) is 5.92. The predicted octanol–water partition coefficient (Wildman–Crippen LogP) is 0.339. The number of likely N-dealkylation sites (N-methyl/N-ethyl adjacent to an activating group) is 1. The predicted molar refractivity (Wildman–Crippen MR) is 34.8 cm³/mol. The Balaban J connectivity index is 3.33. The molecular formula is C6H16NO+. The Morgan fingerprint density at radius 2 is 2.25 bits per heavy atom. The van der Waals surface area contributed by atoms with Crippen molar-refractivity contribution >= 4 is 0 Å². The lowest BCUT2D eigenvalue weighted by Crippen LogP contribution is -2.37. The summed E-state index contributed by atoms with van der Waals surface area (Å²) in [5.41, 5.74) is 0. The summed E-state index contributed by atoms with van der Waals surface area (Å²) in [6.07, 6.45) is 0. The summed E-state index contributed by atoms with van der Waals surface area (Å²) in [4.78, 5) is 0. The first-order chi connectivity index (χ1) is 4.12. The Morgan fingerprint density at radius 3 is 2.62 bits per heavy atom. The monoisotopic (exact) mass is 119 g/mol. The second-order valence-electron chi connectivity index (χ2n) is 2.65. The maximum absolute atomic E-state index is 7.10. The van der Waals surface area contributed by atoms with E-state index in [1.165, 1.54) is 0 Å². The summed E-state index contributed by atoms with van der Waals surface area (Å²) >= 11 is 0. The number of quaternary nitrogens is 1. The number of rotatable bonds is 3. The van der Waals surface area contributed by atoms with E-state index < -0.39 is 0 Å². The lowest BCUT2D eigenvalue weighted by molar-refractivity contribution is -0.870. The quantitative estimate of drug-likeness (QED) is 0.487. The highest BCUT2D eigenvalue weighted by Gasteiger charge is 2.03. The first-order valence-electron chi connectivity index (χ1n) is 3.43. The van der Waals surface area contributed by atoms with Gasteiger partial charge in [-0.3, -0.25) is 0 Å². The molecule has 2 heteroatoms. The van der Waals surface area contributed by atoms with Crippen molar-refractivity contribution in [2.75, 3.05) is 41.4 Å². The standard InChI is InChI=1S/C6H16NO/c1-7(2,3)5-6-8-4/h5-6H2,1-4H3/q+1/i1D. The van der Waals surface area contributed by atoms with Crippen molar-refractivity contribution in [3.8, 4) is 0 Å². The topological polar surface area (TPSA) is 9.23 Å². The van der Waals surface area contributed by atoms with E-state index in [1.54, 1.807) is 7.11 Å². The zero-order chi connectivity index (χ0) is 7.33. The van der Waals surface area contributed by atoms with Crippen molar-refractivity contribution in [1.82, 2.24) is 0 Å². The van der Waals surface area contributed by atoms with Crippen LogP contribution in [0.2, 0.25) is 0 Å². The van der Waals surface area contributed by atoms with Gasteiger partial charge in [-0.1, -0.05) is 0 Å². The van der Waals surface area contributed by atoms with Crippen LogP contribution in [0.4, 0.5) is 0 Å². The van der Waals surface area contributed by atoms with Gasteiger partial charge in [-0.25, -0.2) is 0 Å². The highest BCUT2D eigenvalue weighted by atomic mass is 16.5. The molecule has 0 saturated carbocycles. The fourth-order valence-electron chi connectivity index (χ4n) is 0.338. The minimum absolute atomic E-state index is 0.420. The number of methoxy groups -OCH3 is 1. The molecule has 0 aromatic carbocycles. The molecule has 2 nitrogen and oxygen atoms in total. The SMILES string of the molecule is [2H]C[N+](C)(C)CCOC. The molecular weight excluding hydrogens is 102 g/mol. The Morgan fingerprint density at radius 1 is 1.62 bits per heavy atom. The van der Waals surface area contributed by atoms with Crippen molar-refractivity contribution in [3.63, 3.8) is 0 Å². The second kappa shape index (κ2) is 3.05. The maximum atomic E-state index is 7.10. The number of hydrogen-bond acceptors (Lipinski definition) is 1. The zero-order valence-electron chi connectivity index (χ0n) is 6.98. The van der Waals surface area contributed by atoms with Crippen LogP contribution in [-0.2, 0) is 4.74 Å². The minimum atomic E-state index is 0.420. The molecule has 0 aliphatic carbocycles. The van der Waals surface area contributed by atoms with Crippen LogP contribution in [-0.4, -0.2) is 45.9 Å². The van der Waals surface area contributed by atoms with Crippen molar-refractivity contribution in [1.29, 1.82) is 0 Å². The highest BCUT2D eigenvalue weighted by molar-refractivity contribution is 4.22. The summed E-state index contributed by atoms with van der Waals surface area (Å²) in [6, 6.07) is 0. The molecule has 0 bridgehead atoms. The smallest absolute Gasteiger partial charge is 0.102 e. The van der Waals surface area contributed by atoms with E-state index in [0.717, 1.165) is 13.2 Å². The van der Waals surface area contributed by atoms with E-state index in [4.69, 9.17) is 6.11 Å². The molecule has 0 aliphatic rings. The van der Waals surface area contributed by atoms with Gasteiger partial charge < -0.3 is 9.22 Å². The van der Waals surface area contributed by atoms with E-state index in [9.17, 15) is 0 Å². The van der Waals surface area contributed by atoms with Crippen LogP contribution in [0.15, 0.2) is 0 Å². The van der Waals surface area contributed by atoms with E-state index >= 15 is 0 Å². The van der Waals surface area contributed by atoms with Crippen LogP contribution in [0.5, 0.6) is 0 Å². The van der Waals surface area contributed by atoms with Gasteiger partial charge in [0.05, 0.1) is 29.1 Å². The lowest BCUT2D eigenvalue weighted by atomic mass is 10.5. The van der Waals surface area contributed by atoms with Crippen LogP contribution in [0.1, 0.15) is 1.37 Å². The van der Waals surface area contributed by atoms with Gasteiger partial charge in [-0.15, -0.1) is 0 Å². The van der Waals surface area contributed by atoms with Gasteiger partial charge in [0.25, 0.3) is 0 Å². The maximum Gasteiger partial charge on any atom is 0.102 e. The van der Waals surface area contributed by atoms with Crippen LogP contribution in [0.3, 0.4) is 0 Å². The summed E-state index contributed by atoms with van der Waals surface area (Å²) in [5.74, 6) is 0. The number of nitrogens with zero attached hydrogens (tertiary/aromatic N) is 1. The van der Waals surface area contributed by atoms with Gasteiger partial charge in [0.1, 0.15) is 6.54 Å². The van der Waals surface area contributed by atoms with Crippen molar-refractivity contribution < 1.29 is 10.6 Å². The molecule has 0 aliphatic heterocycles. The molecule has 8 heavy (non-hydrogen) atoms. The fourth-order valence-corrected chi connectivity index (χ4v) is 0.338. The average molecular weight is 119 g/mol. The molecule has 0 spiro atoms. The van der Waals surface area contributed by atoms with Gasteiger partial charge in [0, 0.05) is 7.11 Å². The Labute approximate surface area is 53.1 Å². The van der Waals surface area contributed by atoms with E-state index in [-0.39, 0.29) is 0 Å². The second-order valence-corrected chi connectivity index (χ2v) is 2.65.